The molecule has 0 saturated heterocycles. The van der Waals surface area contributed by atoms with Crippen molar-refractivity contribution in [3.05, 3.63) is 349 Å². The van der Waals surface area contributed by atoms with E-state index in [-0.39, 0.29) is 0 Å². The van der Waals surface area contributed by atoms with E-state index in [4.69, 9.17) is 4.42 Å². The second-order valence-corrected chi connectivity index (χ2v) is 32.8. The van der Waals surface area contributed by atoms with Crippen LogP contribution < -0.4 is 0 Å². The van der Waals surface area contributed by atoms with Gasteiger partial charge in [-0.2, -0.15) is 0 Å². The highest BCUT2D eigenvalue weighted by Crippen LogP contribution is 2.47. The van der Waals surface area contributed by atoms with Crippen LogP contribution in [0.2, 0.25) is 0 Å². The standard InChI is InChI=1S/C22H12S2.C14H8S2.C13H9N.C12H8N2.C8H7N.C8H6O.C6H4S2.C4H2N2S2.C3H3NS/c1-3-7-15-11-19-17(9-13(15)5-1)21-22(23-19)18-10-14-6-2-4-8-16(14)12-20(18)24-21;1-3-7-11-9(5-1)13-14(15-11)10-6-2-4-8-12(10)16-13;1-3-7-12-10(5-1)9-11-6-2-4-8-13(11)14-12;1-2-6-10-9(5-1)13-11-7-3-4-8-12(11)14-10;2*1-2-4-8-7(3-1)5-6-9-8;1-3-7-6-2-4-8-5(1)6;1-5-3-4(7-1)6-2-8-3;1-2-5-3-4-1/h1-12H;1-8H;1-9H;1-8H;1-6,9H;1-6H;1-4H;1-2H;1-3H. The molecule has 514 valence electrons. The molecule has 13 heterocycles. The van der Waals surface area contributed by atoms with Gasteiger partial charge in [-0.3, -0.25) is 4.98 Å². The molecule has 12 aromatic carbocycles. The topological polar surface area (TPSA) is 106 Å². The molecule has 0 radical (unpaired) electrons. The summed E-state index contributed by atoms with van der Waals surface area (Å²) in [7, 11) is 0. The number of benzene rings is 12. The summed E-state index contributed by atoms with van der Waals surface area (Å²) in [6.45, 7) is 0. The third-order valence-electron chi connectivity index (χ3n) is 17.5. The predicted octanol–water partition coefficient (Wildman–Crippen LogP) is 29.5. The second-order valence-electron chi connectivity index (χ2n) is 24.3. The number of hydrogen-bond donors (Lipinski definition) is 1. The zero-order valence-corrected chi connectivity index (χ0v) is 64.1. The molecule has 0 atom stereocenters. The Morgan fingerprint density at radius 3 is 1.17 bits per heavy atom. The van der Waals surface area contributed by atoms with Crippen molar-refractivity contribution in [3.63, 3.8) is 0 Å². The number of nitrogens with one attached hydrogen (secondary N) is 1. The smallest absolute Gasteiger partial charge is 0.154 e. The minimum absolute atomic E-state index is 0.950. The van der Waals surface area contributed by atoms with E-state index in [0.29, 0.717) is 0 Å². The lowest BCUT2D eigenvalue weighted by Gasteiger charge is -1.99. The quantitative estimate of drug-likeness (QED) is 0.151. The van der Waals surface area contributed by atoms with Crippen LogP contribution in [0.15, 0.2) is 353 Å². The molecule has 1 N–H and O–H groups in total. The van der Waals surface area contributed by atoms with Crippen LogP contribution >= 0.6 is 102 Å². The number of furan rings is 1. The number of aromatic nitrogens is 7. The van der Waals surface area contributed by atoms with Crippen LogP contribution in [0.5, 0.6) is 0 Å². The van der Waals surface area contributed by atoms with Gasteiger partial charge in [0, 0.05) is 89.2 Å². The van der Waals surface area contributed by atoms with Gasteiger partial charge in [0.15, 0.2) is 9.66 Å². The minimum atomic E-state index is 0.950. The van der Waals surface area contributed by atoms with Gasteiger partial charge in [0.05, 0.1) is 74.7 Å². The van der Waals surface area contributed by atoms with E-state index in [1.807, 2.05) is 195 Å². The van der Waals surface area contributed by atoms with E-state index in [1.54, 1.807) is 74.7 Å². The van der Waals surface area contributed by atoms with Crippen LogP contribution in [0.1, 0.15) is 0 Å². The normalized spacial score (nSPS) is 11.0. The Labute approximate surface area is 649 Å². The highest BCUT2D eigenvalue weighted by atomic mass is 32.1. The van der Waals surface area contributed by atoms with Crippen LogP contribution in [-0.4, -0.2) is 34.9 Å². The maximum atomic E-state index is 5.12. The van der Waals surface area contributed by atoms with E-state index in [9.17, 15) is 0 Å². The largest absolute Gasteiger partial charge is 0.464 e. The van der Waals surface area contributed by atoms with Crippen molar-refractivity contribution >= 4 is 268 Å². The lowest BCUT2D eigenvalue weighted by atomic mass is 10.1. The van der Waals surface area contributed by atoms with Crippen molar-refractivity contribution in [1.29, 1.82) is 0 Å². The lowest BCUT2D eigenvalue weighted by molar-refractivity contribution is 0.616. The Hall–Kier alpha value is -11.3. The number of thiazole rings is 3. The van der Waals surface area contributed by atoms with E-state index >= 15 is 0 Å². The van der Waals surface area contributed by atoms with E-state index < -0.39 is 0 Å². The molecule has 0 aliphatic carbocycles. The molecule has 0 bridgehead atoms. The highest BCUT2D eigenvalue weighted by molar-refractivity contribution is 7.37. The fourth-order valence-electron chi connectivity index (χ4n) is 12.4. The van der Waals surface area contributed by atoms with Crippen molar-refractivity contribution in [2.75, 3.05) is 0 Å². The monoisotopic (exact) mass is 1540 g/mol. The molecule has 0 saturated carbocycles. The fraction of sp³-hybridized carbons (Fsp3) is 0. The van der Waals surface area contributed by atoms with Crippen molar-refractivity contribution in [2.45, 2.75) is 0 Å². The maximum absolute atomic E-state index is 5.12. The lowest BCUT2D eigenvalue weighted by Crippen LogP contribution is -1.85. The van der Waals surface area contributed by atoms with Gasteiger partial charge in [0.2, 0.25) is 0 Å². The molecular weight excluding hydrogens is 1480 g/mol. The Kier molecular flexibility index (Phi) is 20.9. The number of fused-ring (bicyclic) bond motifs is 20. The number of nitrogens with zero attached hydrogens (tertiary/aromatic N) is 6. The summed E-state index contributed by atoms with van der Waals surface area (Å²) >= 11 is 16.1. The highest BCUT2D eigenvalue weighted by Gasteiger charge is 2.15. The van der Waals surface area contributed by atoms with Gasteiger partial charge in [0.1, 0.15) is 5.58 Å². The number of hydrogen-bond acceptors (Lipinski definition) is 16. The summed E-state index contributed by atoms with van der Waals surface area (Å²) in [5.41, 5.74) is 13.5. The van der Waals surface area contributed by atoms with Crippen LogP contribution in [-0.2, 0) is 0 Å². The van der Waals surface area contributed by atoms with Crippen LogP contribution in [0.25, 0.3) is 165 Å². The molecular formula is C90H59N7OS9. The Balaban J connectivity index is 0.0000000914. The number of rotatable bonds is 0. The van der Waals surface area contributed by atoms with Crippen molar-refractivity contribution in [3.8, 4) is 0 Å². The zero-order valence-electron chi connectivity index (χ0n) is 56.8. The molecule has 0 amide bonds. The van der Waals surface area contributed by atoms with Gasteiger partial charge in [0.25, 0.3) is 0 Å². The summed E-state index contributed by atoms with van der Waals surface area (Å²) < 4.78 is 19.3. The minimum Gasteiger partial charge on any atom is -0.464 e. The average Bonchev–Trinajstić information content (AvgIpc) is 1.58. The summed E-state index contributed by atoms with van der Waals surface area (Å²) in [5.74, 6) is 0. The second kappa shape index (κ2) is 32.6. The predicted molar refractivity (Wildman–Crippen MR) is 472 cm³/mol. The molecule has 13 aromatic heterocycles. The first-order chi connectivity index (χ1) is 53.0. The molecule has 0 fully saturated rings. The van der Waals surface area contributed by atoms with Crippen molar-refractivity contribution in [2.24, 2.45) is 0 Å². The Morgan fingerprint density at radius 2 is 0.692 bits per heavy atom. The van der Waals surface area contributed by atoms with Crippen LogP contribution in [0.3, 0.4) is 0 Å². The first-order valence-corrected chi connectivity index (χ1v) is 41.9. The average molecular weight is 1540 g/mol. The third kappa shape index (κ3) is 15.7. The molecule has 25 rings (SSSR count). The van der Waals surface area contributed by atoms with Gasteiger partial charge in [-0.1, -0.05) is 182 Å². The Morgan fingerprint density at radius 1 is 0.280 bits per heavy atom. The van der Waals surface area contributed by atoms with Crippen molar-refractivity contribution < 1.29 is 4.42 Å². The molecule has 107 heavy (non-hydrogen) atoms. The molecule has 17 heteroatoms. The van der Waals surface area contributed by atoms with E-state index in [0.717, 1.165) is 53.7 Å². The van der Waals surface area contributed by atoms with Crippen LogP contribution in [0.4, 0.5) is 0 Å². The summed E-state index contributed by atoms with van der Waals surface area (Å²) in [4.78, 5) is 30.7. The molecule has 0 unspecified atom stereocenters. The molecule has 8 nitrogen and oxygen atoms in total. The molecule has 25 aromatic rings. The maximum Gasteiger partial charge on any atom is 0.154 e. The summed E-state index contributed by atoms with van der Waals surface area (Å²) in [5, 5.41) is 21.9. The Bertz CT molecular complexity index is 6430. The molecule has 0 aliphatic heterocycles. The number of H-pyrrole nitrogens is 1. The number of para-hydroxylation sites is 8. The zero-order chi connectivity index (χ0) is 71.5. The first kappa shape index (κ1) is 68.8. The summed E-state index contributed by atoms with van der Waals surface area (Å²) in [6, 6.07) is 103. The SMILES string of the molecule is c1cc2sccc2s1.c1ccc2[nH]ccc2c1.c1ccc2c(c1)sc1c3ccccc3sc21.c1ccc2cc3c(cc2c1)sc1c2cc4ccccc4cc2sc31.c1ccc2nc3ccccc3cc2c1.c1ccc2nc3ccccc3nc2c1.c1ccc2occc2c1.c1cscn1.c1nc2scnc2s1. The van der Waals surface area contributed by atoms with Gasteiger partial charge >= 0.3 is 0 Å². The molecule has 0 spiro atoms. The van der Waals surface area contributed by atoms with Crippen molar-refractivity contribution in [1.82, 2.24) is 34.9 Å². The van der Waals surface area contributed by atoms with Crippen LogP contribution in [0, 0.1) is 0 Å². The number of thiophene rings is 6. The van der Waals surface area contributed by atoms with Gasteiger partial charge in [-0.25, -0.2) is 24.9 Å². The fourth-order valence-corrected chi connectivity index (χ4v) is 21.4. The summed E-state index contributed by atoms with van der Waals surface area (Å²) in [6.07, 6.45) is 5.42. The molecule has 0 aliphatic rings. The number of pyridine rings is 1. The van der Waals surface area contributed by atoms with Gasteiger partial charge in [-0.05, 0) is 153 Å². The first-order valence-electron chi connectivity index (χ1n) is 34.1. The van der Waals surface area contributed by atoms with E-state index in [2.05, 4.69) is 216 Å². The van der Waals surface area contributed by atoms with Gasteiger partial charge in [-0.15, -0.1) is 102 Å². The van der Waals surface area contributed by atoms with Gasteiger partial charge < -0.3 is 9.40 Å². The van der Waals surface area contributed by atoms with E-state index in [1.165, 1.54) is 112 Å². The number of aromatic amines is 1. The third-order valence-corrected chi connectivity index (χ3v) is 26.5.